The lowest BCUT2D eigenvalue weighted by Gasteiger charge is -2.16. The van der Waals surface area contributed by atoms with Gasteiger partial charge in [-0.25, -0.2) is 8.42 Å². The zero-order chi connectivity index (χ0) is 22.8. The van der Waals surface area contributed by atoms with Crippen molar-refractivity contribution < 1.29 is 13.2 Å². The summed E-state index contributed by atoms with van der Waals surface area (Å²) in [5.41, 5.74) is 0.591. The summed E-state index contributed by atoms with van der Waals surface area (Å²) in [4.78, 5) is 13.0. The Kier molecular flexibility index (Phi) is 9.71. The molecule has 0 radical (unpaired) electrons. The number of nitrogens with zero attached hydrogens (tertiary/aromatic N) is 1. The molecule has 1 atom stereocenters. The zero-order valence-electron chi connectivity index (χ0n) is 18.9. The minimum Gasteiger partial charge on any atom is -0.347 e. The Morgan fingerprint density at radius 3 is 2.59 bits per heavy atom. The van der Waals surface area contributed by atoms with Crippen molar-refractivity contribution >= 4 is 27.3 Å². The van der Waals surface area contributed by atoms with Gasteiger partial charge in [0.1, 0.15) is 4.21 Å². The number of rotatable bonds is 13. The zero-order valence-corrected chi connectivity index (χ0v) is 20.5. The maximum Gasteiger partial charge on any atom is 0.252 e. The molecule has 1 unspecified atom stereocenters. The van der Waals surface area contributed by atoms with Crippen molar-refractivity contribution in [3.8, 4) is 0 Å². The first kappa shape index (κ1) is 24.9. The molecular formula is C24H35N3O3S2. The predicted molar refractivity (Wildman–Crippen MR) is 130 cm³/mol. The van der Waals surface area contributed by atoms with Crippen molar-refractivity contribution in [2.75, 3.05) is 19.6 Å². The molecule has 1 saturated heterocycles. The molecule has 1 amide bonds. The van der Waals surface area contributed by atoms with Crippen LogP contribution < -0.4 is 10.6 Å². The van der Waals surface area contributed by atoms with Crippen LogP contribution in [0, 0.1) is 0 Å². The molecule has 1 fully saturated rings. The highest BCUT2D eigenvalue weighted by atomic mass is 32.2. The van der Waals surface area contributed by atoms with E-state index in [0.29, 0.717) is 29.4 Å². The van der Waals surface area contributed by atoms with Crippen LogP contribution in [0.15, 0.2) is 46.7 Å². The van der Waals surface area contributed by atoms with Crippen LogP contribution in [0.5, 0.6) is 0 Å². The molecule has 0 aliphatic carbocycles. The smallest absolute Gasteiger partial charge is 0.252 e. The second-order valence-corrected chi connectivity index (χ2v) is 11.7. The summed E-state index contributed by atoms with van der Waals surface area (Å²) in [6, 6.07) is 12.7. The summed E-state index contributed by atoms with van der Waals surface area (Å²) in [5, 5.41) is 6.38. The summed E-state index contributed by atoms with van der Waals surface area (Å²) in [6.45, 7) is 4.57. The van der Waals surface area contributed by atoms with Crippen LogP contribution in [0.1, 0.15) is 67.1 Å². The quantitative estimate of drug-likeness (QED) is 0.420. The van der Waals surface area contributed by atoms with Crippen molar-refractivity contribution in [2.24, 2.45) is 0 Å². The number of carbonyl (C=O) groups is 1. The van der Waals surface area contributed by atoms with E-state index >= 15 is 0 Å². The van der Waals surface area contributed by atoms with E-state index in [-0.39, 0.29) is 11.9 Å². The molecule has 1 aromatic heterocycles. The van der Waals surface area contributed by atoms with Crippen LogP contribution in [0.3, 0.4) is 0 Å². The van der Waals surface area contributed by atoms with E-state index in [2.05, 4.69) is 17.6 Å². The van der Waals surface area contributed by atoms with Crippen molar-refractivity contribution in [1.29, 1.82) is 0 Å². The van der Waals surface area contributed by atoms with Crippen LogP contribution in [0.25, 0.3) is 0 Å². The number of amides is 1. The summed E-state index contributed by atoms with van der Waals surface area (Å²) in [7, 11) is -3.49. The normalized spacial score (nSPS) is 17.0. The molecule has 2 heterocycles. The lowest BCUT2D eigenvalue weighted by atomic mass is 10.1. The predicted octanol–water partition coefficient (Wildman–Crippen LogP) is 4.39. The summed E-state index contributed by atoms with van der Waals surface area (Å²) in [6.07, 6.45) is 8.40. The molecule has 1 aliphatic rings. The minimum atomic E-state index is -3.49. The van der Waals surface area contributed by atoms with Gasteiger partial charge < -0.3 is 10.6 Å². The minimum absolute atomic E-state index is 0.165. The van der Waals surface area contributed by atoms with E-state index in [0.717, 1.165) is 24.3 Å². The molecular weight excluding hydrogens is 442 g/mol. The molecule has 0 bridgehead atoms. The van der Waals surface area contributed by atoms with E-state index in [1.165, 1.54) is 43.4 Å². The van der Waals surface area contributed by atoms with Gasteiger partial charge in [-0.1, -0.05) is 57.2 Å². The van der Waals surface area contributed by atoms with Gasteiger partial charge in [0.05, 0.1) is 6.54 Å². The lowest BCUT2D eigenvalue weighted by molar-refractivity contribution is 0.0951. The number of hydrogen-bond donors (Lipinski definition) is 2. The van der Waals surface area contributed by atoms with E-state index in [4.69, 9.17) is 0 Å². The monoisotopic (exact) mass is 477 g/mol. The molecule has 0 spiro atoms. The Hall–Kier alpha value is -1.74. The van der Waals surface area contributed by atoms with Gasteiger partial charge >= 0.3 is 0 Å². The van der Waals surface area contributed by atoms with Crippen molar-refractivity contribution in [2.45, 2.75) is 68.7 Å². The maximum atomic E-state index is 13.1. The molecule has 6 nitrogen and oxygen atoms in total. The van der Waals surface area contributed by atoms with Crippen molar-refractivity contribution in [1.82, 2.24) is 14.9 Å². The van der Waals surface area contributed by atoms with Crippen molar-refractivity contribution in [3.63, 3.8) is 0 Å². The number of unbranched alkanes of at least 4 members (excludes halogenated alkanes) is 5. The van der Waals surface area contributed by atoms with Gasteiger partial charge in [-0.2, -0.15) is 4.31 Å². The molecule has 1 aromatic carbocycles. The van der Waals surface area contributed by atoms with E-state index in [9.17, 15) is 13.2 Å². The van der Waals surface area contributed by atoms with Crippen LogP contribution in [-0.2, 0) is 16.6 Å². The standard InChI is InChI=1S/C24H35N3O3S2/c1-2-3-4-5-6-10-16-25-21-15-17-27(19-21)32(29,30)23-14-13-22(31-23)18-26-24(28)20-11-8-7-9-12-20/h7-9,11-14,21,25H,2-6,10,15-19H2,1H3,(H,26,28). The number of thiophene rings is 1. The highest BCUT2D eigenvalue weighted by Gasteiger charge is 2.33. The molecule has 32 heavy (non-hydrogen) atoms. The van der Waals surface area contributed by atoms with E-state index in [1.54, 1.807) is 28.6 Å². The van der Waals surface area contributed by atoms with Gasteiger partial charge in [0.15, 0.2) is 0 Å². The van der Waals surface area contributed by atoms with Crippen LogP contribution >= 0.6 is 11.3 Å². The Balaban J connectivity index is 1.43. The molecule has 8 heteroatoms. The maximum absolute atomic E-state index is 13.1. The highest BCUT2D eigenvalue weighted by molar-refractivity contribution is 7.91. The average molecular weight is 478 g/mol. The Morgan fingerprint density at radius 1 is 1.06 bits per heavy atom. The third-order valence-corrected chi connectivity index (χ3v) is 9.22. The largest absolute Gasteiger partial charge is 0.347 e. The molecule has 1 aliphatic heterocycles. The number of carbonyl (C=O) groups excluding carboxylic acids is 1. The van der Waals surface area contributed by atoms with Crippen LogP contribution in [0.2, 0.25) is 0 Å². The number of nitrogens with one attached hydrogen (secondary N) is 2. The summed E-state index contributed by atoms with van der Waals surface area (Å²) in [5.74, 6) is -0.165. The van der Waals surface area contributed by atoms with Gasteiger partial charge in [0, 0.05) is 29.6 Å². The van der Waals surface area contributed by atoms with Gasteiger partial charge in [0.2, 0.25) is 0 Å². The van der Waals surface area contributed by atoms with E-state index < -0.39 is 10.0 Å². The highest BCUT2D eigenvalue weighted by Crippen LogP contribution is 2.27. The van der Waals surface area contributed by atoms with Gasteiger partial charge in [0.25, 0.3) is 15.9 Å². The first-order valence-corrected chi connectivity index (χ1v) is 13.9. The molecule has 176 valence electrons. The first-order valence-electron chi connectivity index (χ1n) is 11.7. The van der Waals surface area contributed by atoms with E-state index in [1.807, 2.05) is 18.2 Å². The Bertz CT molecular complexity index is 944. The third kappa shape index (κ3) is 7.13. The molecule has 3 rings (SSSR count). The summed E-state index contributed by atoms with van der Waals surface area (Å²) < 4.78 is 28.0. The fourth-order valence-corrected chi connectivity index (χ4v) is 6.85. The fraction of sp³-hybridized carbons (Fsp3) is 0.542. The molecule has 0 saturated carbocycles. The van der Waals surface area contributed by atoms with Crippen LogP contribution in [0.4, 0.5) is 0 Å². The van der Waals surface area contributed by atoms with Gasteiger partial charge in [-0.3, -0.25) is 4.79 Å². The van der Waals surface area contributed by atoms with Gasteiger partial charge in [-0.05, 0) is 43.7 Å². The lowest BCUT2D eigenvalue weighted by Crippen LogP contribution is -2.35. The number of benzene rings is 1. The number of hydrogen-bond acceptors (Lipinski definition) is 5. The number of sulfonamides is 1. The third-order valence-electron chi connectivity index (χ3n) is 5.80. The van der Waals surface area contributed by atoms with Gasteiger partial charge in [-0.15, -0.1) is 11.3 Å². The summed E-state index contributed by atoms with van der Waals surface area (Å²) >= 11 is 1.23. The van der Waals surface area contributed by atoms with Crippen molar-refractivity contribution in [3.05, 3.63) is 52.9 Å². The molecule has 2 N–H and O–H groups in total. The topological polar surface area (TPSA) is 78.5 Å². The first-order chi connectivity index (χ1) is 15.5. The SMILES string of the molecule is CCCCCCCCNC1CCN(S(=O)(=O)c2ccc(CNC(=O)c3ccccc3)s2)C1. The second-order valence-electron chi connectivity index (χ2n) is 8.34. The Labute approximate surface area is 196 Å². The van der Waals surface area contributed by atoms with Crippen LogP contribution in [-0.4, -0.2) is 44.3 Å². The average Bonchev–Trinajstić information content (AvgIpc) is 3.48. The fourth-order valence-electron chi connectivity index (χ4n) is 3.90. The Morgan fingerprint density at radius 2 is 1.81 bits per heavy atom. The molecule has 2 aromatic rings. The second kappa shape index (κ2) is 12.5.